The van der Waals surface area contributed by atoms with E-state index in [-0.39, 0.29) is 17.7 Å². The van der Waals surface area contributed by atoms with Crippen molar-refractivity contribution in [3.8, 4) is 11.4 Å². The van der Waals surface area contributed by atoms with Crippen LogP contribution in [-0.2, 0) is 4.79 Å². The zero-order valence-corrected chi connectivity index (χ0v) is 14.6. The molecule has 25 heavy (non-hydrogen) atoms. The predicted molar refractivity (Wildman–Crippen MR) is 99.3 cm³/mol. The number of hydrogen-bond acceptors (Lipinski definition) is 5. The van der Waals surface area contributed by atoms with Crippen LogP contribution in [0.2, 0.25) is 0 Å². The third-order valence-electron chi connectivity index (χ3n) is 3.71. The highest BCUT2D eigenvalue weighted by molar-refractivity contribution is 7.99. The lowest BCUT2D eigenvalue weighted by molar-refractivity contribution is -0.119. The van der Waals surface area contributed by atoms with Crippen molar-refractivity contribution in [2.24, 2.45) is 0 Å². The fraction of sp³-hybridized carbons (Fsp3) is 0.167. The second-order valence-corrected chi connectivity index (χ2v) is 6.47. The number of rotatable bonds is 6. The summed E-state index contributed by atoms with van der Waals surface area (Å²) in [5, 5.41) is 11.6. The first-order valence-corrected chi connectivity index (χ1v) is 8.86. The number of nitrogens with one attached hydrogen (secondary N) is 1. The van der Waals surface area contributed by atoms with Gasteiger partial charge in [0.15, 0.2) is 5.82 Å². The van der Waals surface area contributed by atoms with Crippen LogP contribution in [0.25, 0.3) is 11.4 Å². The summed E-state index contributed by atoms with van der Waals surface area (Å²) < 4.78 is 1.41. The van der Waals surface area contributed by atoms with Crippen molar-refractivity contribution in [3.05, 3.63) is 66.2 Å². The summed E-state index contributed by atoms with van der Waals surface area (Å²) in [6.07, 6.45) is 0. The standard InChI is InChI=1S/C18H19N5OS/c1-13(14-8-4-2-5-9-14)20-16(24)12-25-18-22-21-17(23(18)19)15-10-6-3-7-11-15/h2-11,13H,12,19H2,1H3,(H,20,24)/t13-/m0/s1. The van der Waals surface area contributed by atoms with Gasteiger partial charge in [0.2, 0.25) is 11.1 Å². The molecule has 2 aromatic carbocycles. The van der Waals surface area contributed by atoms with Crippen LogP contribution < -0.4 is 11.2 Å². The van der Waals surface area contributed by atoms with Crippen molar-refractivity contribution in [3.63, 3.8) is 0 Å². The predicted octanol–water partition coefficient (Wildman–Crippen LogP) is 2.63. The Morgan fingerprint density at radius 2 is 1.76 bits per heavy atom. The molecule has 0 saturated carbocycles. The second kappa shape index (κ2) is 7.85. The average molecular weight is 353 g/mol. The van der Waals surface area contributed by atoms with E-state index in [0.29, 0.717) is 11.0 Å². The third kappa shape index (κ3) is 4.19. The smallest absolute Gasteiger partial charge is 0.230 e. The fourth-order valence-electron chi connectivity index (χ4n) is 2.40. The highest BCUT2D eigenvalue weighted by atomic mass is 32.2. The molecule has 7 heteroatoms. The van der Waals surface area contributed by atoms with Gasteiger partial charge in [-0.25, -0.2) is 4.68 Å². The van der Waals surface area contributed by atoms with Gasteiger partial charge in [0.25, 0.3) is 0 Å². The maximum atomic E-state index is 12.2. The monoisotopic (exact) mass is 353 g/mol. The van der Waals surface area contributed by atoms with Crippen LogP contribution in [0.15, 0.2) is 65.8 Å². The zero-order valence-electron chi connectivity index (χ0n) is 13.8. The highest BCUT2D eigenvalue weighted by Gasteiger charge is 2.15. The fourth-order valence-corrected chi connectivity index (χ4v) is 3.07. The lowest BCUT2D eigenvalue weighted by Gasteiger charge is -2.13. The van der Waals surface area contributed by atoms with Crippen LogP contribution in [-0.4, -0.2) is 26.5 Å². The molecule has 1 amide bonds. The third-order valence-corrected chi connectivity index (χ3v) is 4.65. The van der Waals surface area contributed by atoms with E-state index in [0.717, 1.165) is 11.1 Å². The van der Waals surface area contributed by atoms with E-state index < -0.39 is 0 Å². The highest BCUT2D eigenvalue weighted by Crippen LogP contribution is 2.21. The van der Waals surface area contributed by atoms with Crippen LogP contribution in [0.4, 0.5) is 0 Å². The van der Waals surface area contributed by atoms with E-state index in [1.807, 2.05) is 67.6 Å². The number of nitrogens with two attached hydrogens (primary N) is 1. The molecule has 0 radical (unpaired) electrons. The molecule has 128 valence electrons. The van der Waals surface area contributed by atoms with Crippen LogP contribution >= 0.6 is 11.8 Å². The molecule has 3 aromatic rings. The Balaban J connectivity index is 1.59. The molecule has 0 saturated heterocycles. The Hall–Kier alpha value is -2.80. The molecule has 0 bridgehead atoms. The number of thioether (sulfide) groups is 1. The summed E-state index contributed by atoms with van der Waals surface area (Å²) in [5.74, 6) is 6.77. The molecule has 0 spiro atoms. The minimum Gasteiger partial charge on any atom is -0.349 e. The molecule has 0 unspecified atom stereocenters. The van der Waals surface area contributed by atoms with E-state index >= 15 is 0 Å². The lowest BCUT2D eigenvalue weighted by atomic mass is 10.1. The van der Waals surface area contributed by atoms with E-state index in [2.05, 4.69) is 15.5 Å². The molecule has 1 heterocycles. The van der Waals surface area contributed by atoms with Crippen LogP contribution in [0.1, 0.15) is 18.5 Å². The Morgan fingerprint density at radius 3 is 2.44 bits per heavy atom. The molecular weight excluding hydrogens is 334 g/mol. The minimum atomic E-state index is -0.0781. The van der Waals surface area contributed by atoms with Crippen molar-refractivity contribution in [2.75, 3.05) is 11.6 Å². The summed E-state index contributed by atoms with van der Waals surface area (Å²) in [7, 11) is 0. The van der Waals surface area contributed by atoms with Gasteiger partial charge in [-0.1, -0.05) is 72.4 Å². The number of hydrogen-bond donors (Lipinski definition) is 2. The number of carbonyl (C=O) groups excluding carboxylic acids is 1. The summed E-state index contributed by atoms with van der Waals surface area (Å²) in [6.45, 7) is 1.96. The first kappa shape index (κ1) is 17.0. The minimum absolute atomic E-state index is 0.0510. The molecule has 3 rings (SSSR count). The topological polar surface area (TPSA) is 85.8 Å². The molecule has 0 aliphatic heterocycles. The number of amides is 1. The van der Waals surface area contributed by atoms with Gasteiger partial charge in [-0.2, -0.15) is 0 Å². The summed E-state index contributed by atoms with van der Waals surface area (Å²) in [4.78, 5) is 12.2. The number of nitrogens with zero attached hydrogens (tertiary/aromatic N) is 3. The molecule has 0 aliphatic rings. The second-order valence-electron chi connectivity index (χ2n) is 5.53. The van der Waals surface area contributed by atoms with E-state index in [4.69, 9.17) is 5.84 Å². The van der Waals surface area contributed by atoms with Gasteiger partial charge in [-0.05, 0) is 12.5 Å². The Kier molecular flexibility index (Phi) is 5.35. The number of aromatic nitrogens is 3. The van der Waals surface area contributed by atoms with E-state index in [9.17, 15) is 4.79 Å². The zero-order chi connectivity index (χ0) is 17.6. The first-order chi connectivity index (χ1) is 12.1. The molecular formula is C18H19N5OS. The van der Waals surface area contributed by atoms with Crippen molar-refractivity contribution in [1.82, 2.24) is 20.2 Å². The quantitative estimate of drug-likeness (QED) is 0.525. The van der Waals surface area contributed by atoms with Crippen molar-refractivity contribution < 1.29 is 4.79 Å². The van der Waals surface area contributed by atoms with Gasteiger partial charge in [-0.3, -0.25) is 4.79 Å². The van der Waals surface area contributed by atoms with Gasteiger partial charge < -0.3 is 11.2 Å². The number of carbonyl (C=O) groups is 1. The maximum absolute atomic E-state index is 12.2. The molecule has 1 aromatic heterocycles. The van der Waals surface area contributed by atoms with Crippen LogP contribution in [0.3, 0.4) is 0 Å². The van der Waals surface area contributed by atoms with Crippen LogP contribution in [0, 0.1) is 0 Å². The van der Waals surface area contributed by atoms with Gasteiger partial charge in [0, 0.05) is 5.56 Å². The van der Waals surface area contributed by atoms with Crippen molar-refractivity contribution in [1.29, 1.82) is 0 Å². The maximum Gasteiger partial charge on any atom is 0.230 e. The summed E-state index contributed by atoms with van der Waals surface area (Å²) in [6, 6.07) is 19.4. The van der Waals surface area contributed by atoms with E-state index in [1.165, 1.54) is 16.4 Å². The number of nitrogen functional groups attached to an aromatic ring is 1. The molecule has 0 fully saturated rings. The summed E-state index contributed by atoms with van der Waals surface area (Å²) in [5.41, 5.74) is 1.95. The van der Waals surface area contributed by atoms with Gasteiger partial charge >= 0.3 is 0 Å². The Labute approximate surface area is 150 Å². The Bertz CT molecular complexity index is 835. The summed E-state index contributed by atoms with van der Waals surface area (Å²) >= 11 is 1.26. The van der Waals surface area contributed by atoms with Gasteiger partial charge in [-0.15, -0.1) is 10.2 Å². The Morgan fingerprint density at radius 1 is 1.12 bits per heavy atom. The molecule has 6 nitrogen and oxygen atoms in total. The average Bonchev–Trinajstić information content (AvgIpc) is 3.02. The molecule has 3 N–H and O–H groups in total. The van der Waals surface area contributed by atoms with Gasteiger partial charge in [0.05, 0.1) is 11.8 Å². The molecule has 1 atom stereocenters. The van der Waals surface area contributed by atoms with Crippen molar-refractivity contribution >= 4 is 17.7 Å². The van der Waals surface area contributed by atoms with Crippen LogP contribution in [0.5, 0.6) is 0 Å². The van der Waals surface area contributed by atoms with Crippen molar-refractivity contribution in [2.45, 2.75) is 18.1 Å². The molecule has 0 aliphatic carbocycles. The van der Waals surface area contributed by atoms with Gasteiger partial charge in [0.1, 0.15) is 0 Å². The SMILES string of the molecule is C[C@H](NC(=O)CSc1nnc(-c2ccccc2)n1N)c1ccccc1. The lowest BCUT2D eigenvalue weighted by Crippen LogP contribution is -2.28. The normalized spacial score (nSPS) is 11.9. The largest absolute Gasteiger partial charge is 0.349 e. The van der Waals surface area contributed by atoms with E-state index in [1.54, 1.807) is 0 Å². The number of benzene rings is 2. The first-order valence-electron chi connectivity index (χ1n) is 7.88.